The first-order valence-electron chi connectivity index (χ1n) is 6.52. The van der Waals surface area contributed by atoms with E-state index in [2.05, 4.69) is 0 Å². The second kappa shape index (κ2) is 6.32. The molecule has 6 nitrogen and oxygen atoms in total. The smallest absolute Gasteiger partial charge is 0.326 e. The van der Waals surface area contributed by atoms with Gasteiger partial charge in [0.15, 0.2) is 6.10 Å². The number of hydrogen-bond donors (Lipinski definition) is 2. The number of halogens is 1. The van der Waals surface area contributed by atoms with Gasteiger partial charge in [0.25, 0.3) is 5.91 Å². The van der Waals surface area contributed by atoms with Crippen molar-refractivity contribution >= 4 is 23.5 Å². The summed E-state index contributed by atoms with van der Waals surface area (Å²) in [5.74, 6) is -1.27. The number of nitrogens with zero attached hydrogens (tertiary/aromatic N) is 1. The standard InChI is InChI=1S/C14H16ClNO5/c1-8(21-12-5-3-2-4-10(12)15)13(18)16-7-9(17)6-11(16)14(19)20/h2-5,8-9,11,17H,6-7H2,1H3,(H,19,20)/t8?,9-,11-/m1/s1. The van der Waals surface area contributed by atoms with Gasteiger partial charge in [-0.25, -0.2) is 4.79 Å². The molecule has 1 unspecified atom stereocenters. The van der Waals surface area contributed by atoms with Crippen molar-refractivity contribution in [1.82, 2.24) is 4.90 Å². The number of amides is 1. The Bertz CT molecular complexity index is 550. The Morgan fingerprint density at radius 1 is 1.43 bits per heavy atom. The first-order chi connectivity index (χ1) is 9.90. The van der Waals surface area contributed by atoms with Crippen molar-refractivity contribution in [2.75, 3.05) is 6.54 Å². The zero-order valence-electron chi connectivity index (χ0n) is 11.4. The topological polar surface area (TPSA) is 87.1 Å². The molecule has 1 fully saturated rings. The number of aliphatic hydroxyl groups excluding tert-OH is 1. The van der Waals surface area contributed by atoms with E-state index >= 15 is 0 Å². The fraction of sp³-hybridized carbons (Fsp3) is 0.429. The highest BCUT2D eigenvalue weighted by Crippen LogP contribution is 2.26. The van der Waals surface area contributed by atoms with Crippen LogP contribution < -0.4 is 4.74 Å². The van der Waals surface area contributed by atoms with Gasteiger partial charge in [-0.2, -0.15) is 0 Å². The molecule has 1 heterocycles. The van der Waals surface area contributed by atoms with Gasteiger partial charge in [-0.3, -0.25) is 4.79 Å². The molecule has 7 heteroatoms. The summed E-state index contributed by atoms with van der Waals surface area (Å²) in [5.41, 5.74) is 0. The van der Waals surface area contributed by atoms with Crippen LogP contribution in [0.3, 0.4) is 0 Å². The maximum absolute atomic E-state index is 12.3. The molecule has 3 atom stereocenters. The molecule has 1 aliphatic heterocycles. The summed E-state index contributed by atoms with van der Waals surface area (Å²) >= 11 is 5.95. The molecule has 0 spiro atoms. The number of likely N-dealkylation sites (tertiary alicyclic amines) is 1. The fourth-order valence-corrected chi connectivity index (χ4v) is 2.49. The maximum Gasteiger partial charge on any atom is 0.326 e. The lowest BCUT2D eigenvalue weighted by molar-refractivity contribution is -0.150. The third-order valence-corrected chi connectivity index (χ3v) is 3.65. The van der Waals surface area contributed by atoms with Crippen molar-refractivity contribution in [3.8, 4) is 5.75 Å². The first kappa shape index (κ1) is 15.6. The van der Waals surface area contributed by atoms with Crippen LogP contribution in [-0.4, -0.2) is 51.8 Å². The Labute approximate surface area is 126 Å². The Kier molecular flexibility index (Phi) is 4.69. The van der Waals surface area contributed by atoms with E-state index in [9.17, 15) is 14.7 Å². The maximum atomic E-state index is 12.3. The van der Waals surface area contributed by atoms with E-state index in [1.807, 2.05) is 0 Å². The second-order valence-electron chi connectivity index (χ2n) is 4.92. The summed E-state index contributed by atoms with van der Waals surface area (Å²) in [4.78, 5) is 24.6. The van der Waals surface area contributed by atoms with E-state index in [0.717, 1.165) is 4.90 Å². The third kappa shape index (κ3) is 3.46. The Morgan fingerprint density at radius 2 is 2.10 bits per heavy atom. The largest absolute Gasteiger partial charge is 0.480 e. The van der Waals surface area contributed by atoms with Crippen LogP contribution in [0.15, 0.2) is 24.3 Å². The molecule has 2 N–H and O–H groups in total. The minimum atomic E-state index is -1.13. The van der Waals surface area contributed by atoms with Crippen LogP contribution in [0, 0.1) is 0 Å². The number of carboxylic acids is 1. The van der Waals surface area contributed by atoms with E-state index in [0.29, 0.717) is 10.8 Å². The van der Waals surface area contributed by atoms with E-state index in [1.165, 1.54) is 6.92 Å². The molecule has 1 aromatic rings. The van der Waals surface area contributed by atoms with Crippen LogP contribution in [0.5, 0.6) is 5.75 Å². The highest BCUT2D eigenvalue weighted by Gasteiger charge is 2.40. The van der Waals surface area contributed by atoms with Gasteiger partial charge in [-0.1, -0.05) is 23.7 Å². The summed E-state index contributed by atoms with van der Waals surface area (Å²) in [7, 11) is 0. The zero-order chi connectivity index (χ0) is 15.6. The van der Waals surface area contributed by atoms with Gasteiger partial charge in [0.05, 0.1) is 11.1 Å². The normalized spacial score (nSPS) is 22.9. The van der Waals surface area contributed by atoms with Crippen LogP contribution in [0.1, 0.15) is 13.3 Å². The number of hydrogen-bond acceptors (Lipinski definition) is 4. The molecular weight excluding hydrogens is 298 g/mol. The van der Waals surface area contributed by atoms with E-state index in [1.54, 1.807) is 24.3 Å². The number of benzene rings is 1. The number of aliphatic carboxylic acids is 1. The summed E-state index contributed by atoms with van der Waals surface area (Å²) in [6.07, 6.45) is -1.69. The van der Waals surface area contributed by atoms with Crippen molar-refractivity contribution in [2.45, 2.75) is 31.6 Å². The van der Waals surface area contributed by atoms with Crippen LogP contribution in [0.4, 0.5) is 0 Å². The number of ether oxygens (including phenoxy) is 1. The van der Waals surface area contributed by atoms with Crippen molar-refractivity contribution in [3.63, 3.8) is 0 Å². The number of rotatable bonds is 4. The van der Waals surface area contributed by atoms with Crippen molar-refractivity contribution < 1.29 is 24.5 Å². The van der Waals surface area contributed by atoms with Crippen LogP contribution in [0.25, 0.3) is 0 Å². The highest BCUT2D eigenvalue weighted by atomic mass is 35.5. The number of para-hydroxylation sites is 1. The van der Waals surface area contributed by atoms with Crippen molar-refractivity contribution in [2.24, 2.45) is 0 Å². The SMILES string of the molecule is CC(Oc1ccccc1Cl)C(=O)N1C[C@H](O)C[C@@H]1C(=O)O. The summed E-state index contributed by atoms with van der Waals surface area (Å²) in [6.45, 7) is 1.52. The van der Waals surface area contributed by atoms with Crippen LogP contribution >= 0.6 is 11.6 Å². The molecule has 1 aromatic carbocycles. The molecule has 0 saturated carbocycles. The molecule has 114 valence electrons. The molecule has 0 aromatic heterocycles. The third-order valence-electron chi connectivity index (χ3n) is 3.34. The fourth-order valence-electron chi connectivity index (χ4n) is 2.31. The van der Waals surface area contributed by atoms with Gasteiger partial charge < -0.3 is 19.8 Å². The highest BCUT2D eigenvalue weighted by molar-refractivity contribution is 6.32. The minimum Gasteiger partial charge on any atom is -0.480 e. The number of carbonyl (C=O) groups excluding carboxylic acids is 1. The second-order valence-corrected chi connectivity index (χ2v) is 5.33. The molecule has 1 saturated heterocycles. The monoisotopic (exact) mass is 313 g/mol. The summed E-state index contributed by atoms with van der Waals surface area (Å²) in [6, 6.07) is 5.69. The average molecular weight is 314 g/mol. The molecule has 0 bridgehead atoms. The molecule has 0 radical (unpaired) electrons. The Morgan fingerprint density at radius 3 is 2.71 bits per heavy atom. The van der Waals surface area contributed by atoms with E-state index in [-0.39, 0.29) is 13.0 Å². The minimum absolute atomic E-state index is 0.00791. The van der Waals surface area contributed by atoms with Gasteiger partial charge in [-0.05, 0) is 19.1 Å². The number of β-amino-alcohol motifs (C(OH)–C–C–N with tert-alkyl or cyclic N) is 1. The molecule has 0 aliphatic carbocycles. The lowest BCUT2D eigenvalue weighted by atomic mass is 10.2. The van der Waals surface area contributed by atoms with Gasteiger partial charge >= 0.3 is 5.97 Å². The van der Waals surface area contributed by atoms with Gasteiger partial charge in [0.1, 0.15) is 11.8 Å². The summed E-state index contributed by atoms with van der Waals surface area (Å²) < 4.78 is 5.48. The predicted octanol–water partition coefficient (Wildman–Crippen LogP) is 1.15. The van der Waals surface area contributed by atoms with Crippen LogP contribution in [-0.2, 0) is 9.59 Å². The van der Waals surface area contributed by atoms with Crippen molar-refractivity contribution in [3.05, 3.63) is 29.3 Å². The van der Waals surface area contributed by atoms with E-state index < -0.39 is 30.1 Å². The quantitative estimate of drug-likeness (QED) is 0.871. The van der Waals surface area contributed by atoms with Gasteiger partial charge in [0.2, 0.25) is 0 Å². The average Bonchev–Trinajstić information content (AvgIpc) is 2.82. The summed E-state index contributed by atoms with van der Waals surface area (Å²) in [5, 5.41) is 19.0. The number of aliphatic hydroxyl groups is 1. The van der Waals surface area contributed by atoms with E-state index in [4.69, 9.17) is 21.4 Å². The molecule has 1 amide bonds. The number of carboxylic acid groups (broad SMARTS) is 1. The van der Waals surface area contributed by atoms with Crippen molar-refractivity contribution in [1.29, 1.82) is 0 Å². The Balaban J connectivity index is 2.08. The van der Waals surface area contributed by atoms with Crippen LogP contribution in [0.2, 0.25) is 5.02 Å². The van der Waals surface area contributed by atoms with Gasteiger partial charge in [-0.15, -0.1) is 0 Å². The molecule has 1 aliphatic rings. The lowest BCUT2D eigenvalue weighted by Gasteiger charge is -2.25. The van der Waals surface area contributed by atoms with Gasteiger partial charge in [0, 0.05) is 13.0 Å². The lowest BCUT2D eigenvalue weighted by Crippen LogP contribution is -2.46. The zero-order valence-corrected chi connectivity index (χ0v) is 12.2. The molecular formula is C14H16ClNO5. The predicted molar refractivity (Wildman–Crippen MR) is 75.3 cm³/mol. The molecule has 2 rings (SSSR count). The molecule has 21 heavy (non-hydrogen) atoms. The number of carbonyl (C=O) groups is 2. The Hall–Kier alpha value is -1.79. The first-order valence-corrected chi connectivity index (χ1v) is 6.90.